The fraction of sp³-hybridized carbons (Fsp3) is 0.588. The van der Waals surface area contributed by atoms with E-state index in [1.54, 1.807) is 11.0 Å². The molecule has 1 aromatic carbocycles. The van der Waals surface area contributed by atoms with Crippen LogP contribution in [0.25, 0.3) is 0 Å². The summed E-state index contributed by atoms with van der Waals surface area (Å²) in [5.41, 5.74) is 1.72. The number of aryl methyl sites for hydroxylation is 1. The lowest BCUT2D eigenvalue weighted by molar-refractivity contribution is -0.00367. The largest absolute Gasteiger partial charge is 0.493 e. The lowest BCUT2D eigenvalue weighted by Gasteiger charge is -2.36. The zero-order valence-electron chi connectivity index (χ0n) is 14.4. The number of sulfonamides is 1. The molecular weight excluding hydrogens is 344 g/mol. The van der Waals surface area contributed by atoms with E-state index >= 15 is 0 Å². The average molecular weight is 368 g/mol. The van der Waals surface area contributed by atoms with Gasteiger partial charge in [0, 0.05) is 18.7 Å². The van der Waals surface area contributed by atoms with Gasteiger partial charge in [-0.15, -0.1) is 0 Å². The van der Waals surface area contributed by atoms with Gasteiger partial charge in [0.2, 0.25) is 10.0 Å². The fourth-order valence-electron chi connectivity index (χ4n) is 3.23. The molecule has 2 heterocycles. The summed E-state index contributed by atoms with van der Waals surface area (Å²) < 4.78 is 36.0. The quantitative estimate of drug-likeness (QED) is 0.831. The SMILES string of the molecule is CS(=O)(=O)NCCC1COCCN1C(=O)c1ccc2c(c1)CCCO2. The van der Waals surface area contributed by atoms with Gasteiger partial charge in [0.05, 0.1) is 32.1 Å². The number of amides is 1. The van der Waals surface area contributed by atoms with Crippen molar-refractivity contribution < 1.29 is 22.7 Å². The average Bonchev–Trinajstić information content (AvgIpc) is 2.60. The van der Waals surface area contributed by atoms with Crippen molar-refractivity contribution in [3.63, 3.8) is 0 Å². The molecule has 25 heavy (non-hydrogen) atoms. The molecule has 1 saturated heterocycles. The van der Waals surface area contributed by atoms with Crippen LogP contribution in [0.3, 0.4) is 0 Å². The van der Waals surface area contributed by atoms with E-state index in [-0.39, 0.29) is 18.5 Å². The number of ether oxygens (including phenoxy) is 2. The standard InChI is InChI=1S/C17H24N2O5S/c1-25(21,22)18-7-6-15-12-23-10-8-19(15)17(20)14-4-5-16-13(11-14)3-2-9-24-16/h4-5,11,15,18H,2-3,6-10,12H2,1H3. The molecule has 7 nitrogen and oxygen atoms in total. The molecular formula is C17H24N2O5S. The smallest absolute Gasteiger partial charge is 0.254 e. The minimum Gasteiger partial charge on any atom is -0.493 e. The van der Waals surface area contributed by atoms with Crippen LogP contribution in [0, 0.1) is 0 Å². The topological polar surface area (TPSA) is 84.9 Å². The predicted molar refractivity (Wildman–Crippen MR) is 93.4 cm³/mol. The van der Waals surface area contributed by atoms with Crippen molar-refractivity contribution in [1.29, 1.82) is 0 Å². The van der Waals surface area contributed by atoms with Crippen LogP contribution in [-0.4, -0.2) is 64.4 Å². The minimum atomic E-state index is -3.23. The molecule has 0 saturated carbocycles. The van der Waals surface area contributed by atoms with Gasteiger partial charge < -0.3 is 14.4 Å². The van der Waals surface area contributed by atoms with E-state index in [1.165, 1.54) is 0 Å². The number of fused-ring (bicyclic) bond motifs is 1. The maximum atomic E-state index is 12.9. The molecule has 1 aromatic rings. The first-order valence-electron chi connectivity index (χ1n) is 8.53. The van der Waals surface area contributed by atoms with Gasteiger partial charge in [-0.05, 0) is 43.0 Å². The normalized spacial score (nSPS) is 20.7. The van der Waals surface area contributed by atoms with E-state index in [2.05, 4.69) is 4.72 Å². The Kier molecular flexibility index (Phi) is 5.61. The molecule has 0 radical (unpaired) electrons. The second kappa shape index (κ2) is 7.72. The highest BCUT2D eigenvalue weighted by Gasteiger charge is 2.28. The summed E-state index contributed by atoms with van der Waals surface area (Å²) >= 11 is 0. The zero-order chi connectivity index (χ0) is 17.9. The summed E-state index contributed by atoms with van der Waals surface area (Å²) in [7, 11) is -3.23. The number of morpholine rings is 1. The molecule has 3 rings (SSSR count). The number of nitrogens with zero attached hydrogens (tertiary/aromatic N) is 1. The molecule has 0 aromatic heterocycles. The number of carbonyl (C=O) groups is 1. The van der Waals surface area contributed by atoms with E-state index in [1.807, 2.05) is 12.1 Å². The van der Waals surface area contributed by atoms with Gasteiger partial charge in [0.15, 0.2) is 0 Å². The van der Waals surface area contributed by atoms with Gasteiger partial charge in [0.25, 0.3) is 5.91 Å². The highest BCUT2D eigenvalue weighted by atomic mass is 32.2. The summed E-state index contributed by atoms with van der Waals surface area (Å²) in [5.74, 6) is 0.819. The van der Waals surface area contributed by atoms with E-state index < -0.39 is 10.0 Å². The van der Waals surface area contributed by atoms with Crippen LogP contribution in [-0.2, 0) is 21.2 Å². The lowest BCUT2D eigenvalue weighted by atomic mass is 10.0. The zero-order valence-corrected chi connectivity index (χ0v) is 15.2. The molecule has 1 unspecified atom stereocenters. The van der Waals surface area contributed by atoms with Crippen molar-refractivity contribution in [2.45, 2.75) is 25.3 Å². The van der Waals surface area contributed by atoms with Gasteiger partial charge in [-0.25, -0.2) is 13.1 Å². The van der Waals surface area contributed by atoms with Gasteiger partial charge in [-0.2, -0.15) is 0 Å². The van der Waals surface area contributed by atoms with Gasteiger partial charge in [0.1, 0.15) is 5.75 Å². The van der Waals surface area contributed by atoms with E-state index in [9.17, 15) is 13.2 Å². The highest BCUT2D eigenvalue weighted by Crippen LogP contribution is 2.26. The first kappa shape index (κ1) is 18.2. The summed E-state index contributed by atoms with van der Waals surface area (Å²) in [6.45, 7) is 2.44. The van der Waals surface area contributed by atoms with E-state index in [0.29, 0.717) is 31.7 Å². The van der Waals surface area contributed by atoms with Crippen LogP contribution in [0.1, 0.15) is 28.8 Å². The third-order valence-electron chi connectivity index (χ3n) is 4.49. The molecule has 1 atom stereocenters. The Morgan fingerprint density at radius 2 is 2.20 bits per heavy atom. The number of benzene rings is 1. The van der Waals surface area contributed by atoms with Crippen LogP contribution < -0.4 is 9.46 Å². The molecule has 2 aliphatic rings. The van der Waals surface area contributed by atoms with Crippen molar-refractivity contribution >= 4 is 15.9 Å². The minimum absolute atomic E-state index is 0.0407. The number of rotatable bonds is 5. The maximum absolute atomic E-state index is 12.9. The van der Waals surface area contributed by atoms with Gasteiger partial charge >= 0.3 is 0 Å². The molecule has 1 fully saturated rings. The molecule has 2 aliphatic heterocycles. The van der Waals surface area contributed by atoms with Crippen LogP contribution in [0.15, 0.2) is 18.2 Å². The summed E-state index contributed by atoms with van der Waals surface area (Å²) in [5, 5.41) is 0. The third-order valence-corrected chi connectivity index (χ3v) is 5.21. The second-order valence-electron chi connectivity index (χ2n) is 6.46. The summed E-state index contributed by atoms with van der Waals surface area (Å²) in [6, 6.07) is 5.44. The van der Waals surface area contributed by atoms with Crippen LogP contribution in [0.5, 0.6) is 5.75 Å². The lowest BCUT2D eigenvalue weighted by Crippen LogP contribution is -2.49. The van der Waals surface area contributed by atoms with Crippen LogP contribution >= 0.6 is 0 Å². The Morgan fingerprint density at radius 1 is 1.36 bits per heavy atom. The molecule has 0 aliphatic carbocycles. The van der Waals surface area contributed by atoms with Crippen molar-refractivity contribution in [2.24, 2.45) is 0 Å². The Hall–Kier alpha value is -1.64. The number of hydrogen-bond acceptors (Lipinski definition) is 5. The van der Waals surface area contributed by atoms with Crippen molar-refractivity contribution in [3.8, 4) is 5.75 Å². The Labute approximate surface area is 148 Å². The first-order valence-corrected chi connectivity index (χ1v) is 10.4. The molecule has 0 bridgehead atoms. The van der Waals surface area contributed by atoms with Crippen LogP contribution in [0.2, 0.25) is 0 Å². The van der Waals surface area contributed by atoms with Crippen molar-refractivity contribution in [3.05, 3.63) is 29.3 Å². The van der Waals surface area contributed by atoms with E-state index in [0.717, 1.165) is 37.0 Å². The van der Waals surface area contributed by atoms with Crippen LogP contribution in [0.4, 0.5) is 0 Å². The predicted octanol–water partition coefficient (Wildman–Crippen LogP) is 0.792. The first-order chi connectivity index (χ1) is 11.9. The number of carbonyl (C=O) groups excluding carboxylic acids is 1. The monoisotopic (exact) mass is 368 g/mol. The second-order valence-corrected chi connectivity index (χ2v) is 8.29. The Bertz CT molecular complexity index is 735. The third kappa shape index (κ3) is 4.71. The van der Waals surface area contributed by atoms with Crippen molar-refractivity contribution in [1.82, 2.24) is 9.62 Å². The number of nitrogens with one attached hydrogen (secondary N) is 1. The Balaban J connectivity index is 1.70. The summed E-state index contributed by atoms with van der Waals surface area (Å²) in [4.78, 5) is 14.7. The fourth-order valence-corrected chi connectivity index (χ4v) is 3.72. The van der Waals surface area contributed by atoms with E-state index in [4.69, 9.17) is 9.47 Å². The number of hydrogen-bond donors (Lipinski definition) is 1. The molecule has 8 heteroatoms. The molecule has 1 N–H and O–H groups in total. The maximum Gasteiger partial charge on any atom is 0.254 e. The molecule has 1 amide bonds. The Morgan fingerprint density at radius 3 is 3.00 bits per heavy atom. The van der Waals surface area contributed by atoms with Gasteiger partial charge in [-0.1, -0.05) is 0 Å². The molecule has 138 valence electrons. The van der Waals surface area contributed by atoms with Crippen molar-refractivity contribution in [2.75, 3.05) is 39.2 Å². The summed E-state index contributed by atoms with van der Waals surface area (Å²) in [6.07, 6.45) is 3.53. The molecule has 0 spiro atoms. The highest BCUT2D eigenvalue weighted by molar-refractivity contribution is 7.88. The van der Waals surface area contributed by atoms with Gasteiger partial charge in [-0.3, -0.25) is 4.79 Å².